The summed E-state index contributed by atoms with van der Waals surface area (Å²) in [6.45, 7) is 2.79. The number of carbonyl (C=O) groups excluding carboxylic acids is 1. The summed E-state index contributed by atoms with van der Waals surface area (Å²) in [6, 6.07) is 14.3. The lowest BCUT2D eigenvalue weighted by atomic mass is 10.1. The number of nitrogens with zero attached hydrogens (tertiary/aromatic N) is 3. The maximum absolute atomic E-state index is 14.6. The van der Waals surface area contributed by atoms with Gasteiger partial charge < -0.3 is 15.2 Å². The van der Waals surface area contributed by atoms with Crippen molar-refractivity contribution < 1.29 is 9.18 Å². The van der Waals surface area contributed by atoms with Crippen LogP contribution in [0.5, 0.6) is 0 Å². The van der Waals surface area contributed by atoms with Crippen molar-refractivity contribution in [3.8, 4) is 11.4 Å². The van der Waals surface area contributed by atoms with E-state index in [1.165, 1.54) is 11.3 Å². The Balaban J connectivity index is 1.42. The minimum atomic E-state index is -0.428. The average Bonchev–Trinajstić information content (AvgIpc) is 3.47. The Morgan fingerprint density at radius 3 is 2.85 bits per heavy atom. The summed E-state index contributed by atoms with van der Waals surface area (Å²) in [6.07, 6.45) is 1.56. The van der Waals surface area contributed by atoms with Crippen molar-refractivity contribution in [1.29, 1.82) is 0 Å². The number of rotatable bonds is 5. The fourth-order valence-electron chi connectivity index (χ4n) is 4.07. The molecule has 2 N–H and O–H groups in total. The number of amides is 1. The van der Waals surface area contributed by atoms with E-state index in [4.69, 9.17) is 0 Å². The molecule has 0 unspecified atom stereocenters. The Labute approximate surface area is 193 Å². The van der Waals surface area contributed by atoms with Crippen LogP contribution in [0.3, 0.4) is 0 Å². The fraction of sp³-hybridized carbons (Fsp3) is 0.250. The smallest absolute Gasteiger partial charge is 0.278 e. The third-order valence-electron chi connectivity index (χ3n) is 5.82. The van der Waals surface area contributed by atoms with Gasteiger partial charge in [-0.05, 0) is 37.0 Å². The second kappa shape index (κ2) is 8.74. The Morgan fingerprint density at radius 2 is 2.03 bits per heavy atom. The molecule has 0 radical (unpaired) electrons. The molecule has 1 fully saturated rings. The molecule has 0 bridgehead atoms. The molecule has 0 saturated carbocycles. The molecule has 1 aliphatic heterocycles. The quantitative estimate of drug-likeness (QED) is 0.470. The van der Waals surface area contributed by atoms with Crippen LogP contribution in [-0.4, -0.2) is 33.4 Å². The number of thiazole rings is 1. The molecule has 0 spiro atoms. The summed E-state index contributed by atoms with van der Waals surface area (Å²) in [5.74, 6) is -0.318. The zero-order chi connectivity index (χ0) is 22.9. The number of aromatic amines is 1. The van der Waals surface area contributed by atoms with Gasteiger partial charge in [0.2, 0.25) is 5.91 Å². The topological polar surface area (TPSA) is 91.0 Å². The van der Waals surface area contributed by atoms with Crippen molar-refractivity contribution in [2.24, 2.45) is 0 Å². The van der Waals surface area contributed by atoms with Crippen LogP contribution in [0, 0.1) is 12.7 Å². The number of benzene rings is 2. The van der Waals surface area contributed by atoms with Crippen molar-refractivity contribution in [3.63, 3.8) is 0 Å². The lowest BCUT2D eigenvalue weighted by Crippen LogP contribution is -2.43. The van der Waals surface area contributed by atoms with Gasteiger partial charge in [-0.15, -0.1) is 0 Å². The first kappa shape index (κ1) is 21.3. The van der Waals surface area contributed by atoms with Gasteiger partial charge in [-0.2, -0.15) is 0 Å². The van der Waals surface area contributed by atoms with Gasteiger partial charge >= 0.3 is 0 Å². The lowest BCUT2D eigenvalue weighted by molar-refractivity contribution is -0.122. The highest BCUT2D eigenvalue weighted by Gasteiger charge is 2.33. The minimum absolute atomic E-state index is 0.0694. The standard InChI is InChI=1S/C24H22FN5O2S/c1-14-7-5-10-16(18(14)25)20-28-22(32)19-23(29-20)33-24(27-19)30-12-6-11-17(30)21(31)26-13-15-8-3-2-4-9-15/h2-5,7-10,17H,6,11-13H2,1H3,(H,26,31)(H,28,29,32)/t17-/m1/s1. The summed E-state index contributed by atoms with van der Waals surface area (Å²) in [4.78, 5) is 39.6. The van der Waals surface area contributed by atoms with E-state index in [-0.39, 0.29) is 28.9 Å². The van der Waals surface area contributed by atoms with Crippen LogP contribution in [0.1, 0.15) is 24.0 Å². The number of hydrogen-bond donors (Lipinski definition) is 2. The van der Waals surface area contributed by atoms with Crippen molar-refractivity contribution in [2.45, 2.75) is 32.4 Å². The van der Waals surface area contributed by atoms with E-state index in [9.17, 15) is 14.0 Å². The number of carbonyl (C=O) groups is 1. The van der Waals surface area contributed by atoms with E-state index in [2.05, 4.69) is 20.3 Å². The lowest BCUT2D eigenvalue weighted by Gasteiger charge is -2.23. The van der Waals surface area contributed by atoms with Gasteiger partial charge in [-0.1, -0.05) is 53.8 Å². The summed E-state index contributed by atoms with van der Waals surface area (Å²) in [5.41, 5.74) is 1.51. The molecule has 9 heteroatoms. The van der Waals surface area contributed by atoms with Gasteiger partial charge in [-0.25, -0.2) is 14.4 Å². The van der Waals surface area contributed by atoms with E-state index >= 15 is 0 Å². The maximum Gasteiger partial charge on any atom is 0.278 e. The van der Waals surface area contributed by atoms with Crippen LogP contribution in [-0.2, 0) is 11.3 Å². The first-order chi connectivity index (χ1) is 16.0. The second-order valence-electron chi connectivity index (χ2n) is 8.06. The van der Waals surface area contributed by atoms with Crippen molar-refractivity contribution in [1.82, 2.24) is 20.3 Å². The molecule has 7 nitrogen and oxygen atoms in total. The highest BCUT2D eigenvalue weighted by atomic mass is 32.1. The van der Waals surface area contributed by atoms with Crippen LogP contribution >= 0.6 is 11.3 Å². The van der Waals surface area contributed by atoms with E-state index in [0.717, 1.165) is 12.0 Å². The van der Waals surface area contributed by atoms with Crippen molar-refractivity contribution >= 4 is 32.7 Å². The molecule has 4 aromatic rings. The molecular formula is C24H22FN5O2S. The molecule has 0 aliphatic carbocycles. The van der Waals surface area contributed by atoms with Crippen molar-refractivity contribution in [2.75, 3.05) is 11.4 Å². The number of halogens is 1. The predicted molar refractivity (Wildman–Crippen MR) is 127 cm³/mol. The van der Waals surface area contributed by atoms with Crippen LogP contribution < -0.4 is 15.8 Å². The van der Waals surface area contributed by atoms with Gasteiger partial charge in [0, 0.05) is 13.1 Å². The molecule has 5 rings (SSSR count). The Morgan fingerprint density at radius 1 is 1.21 bits per heavy atom. The molecule has 168 valence electrons. The SMILES string of the molecule is Cc1cccc(-c2nc3sc(N4CCC[C@@H]4C(=O)NCc4ccccc4)nc3c(=O)[nH]2)c1F. The van der Waals surface area contributed by atoms with Gasteiger partial charge in [0.05, 0.1) is 5.56 Å². The number of anilines is 1. The molecule has 1 aliphatic rings. The largest absolute Gasteiger partial charge is 0.350 e. The first-order valence-corrected chi connectivity index (χ1v) is 11.6. The molecule has 1 amide bonds. The van der Waals surface area contributed by atoms with Gasteiger partial charge in [0.15, 0.2) is 15.5 Å². The molecule has 1 saturated heterocycles. The Hall–Kier alpha value is -3.59. The number of nitrogens with one attached hydrogen (secondary N) is 2. The third-order valence-corrected chi connectivity index (χ3v) is 6.80. The summed E-state index contributed by atoms with van der Waals surface area (Å²) in [5, 5.41) is 3.57. The normalized spacial score (nSPS) is 15.8. The summed E-state index contributed by atoms with van der Waals surface area (Å²) < 4.78 is 14.6. The maximum atomic E-state index is 14.6. The van der Waals surface area contributed by atoms with E-state index in [1.54, 1.807) is 25.1 Å². The van der Waals surface area contributed by atoms with Gasteiger partial charge in [0.1, 0.15) is 17.7 Å². The first-order valence-electron chi connectivity index (χ1n) is 10.8. The van der Waals surface area contributed by atoms with E-state index < -0.39 is 11.4 Å². The highest BCUT2D eigenvalue weighted by molar-refractivity contribution is 7.21. The van der Waals surface area contributed by atoms with E-state index in [0.29, 0.717) is 35.0 Å². The zero-order valence-electron chi connectivity index (χ0n) is 18.0. The molecule has 1 atom stereocenters. The van der Waals surface area contributed by atoms with Crippen LogP contribution in [0.4, 0.5) is 9.52 Å². The molecule has 33 heavy (non-hydrogen) atoms. The number of H-pyrrole nitrogens is 1. The third kappa shape index (κ3) is 4.11. The number of hydrogen-bond acceptors (Lipinski definition) is 6. The average molecular weight is 464 g/mol. The number of aromatic nitrogens is 3. The monoisotopic (exact) mass is 463 g/mol. The predicted octanol–water partition coefficient (Wildman–Crippen LogP) is 3.78. The van der Waals surface area contributed by atoms with Gasteiger partial charge in [0.25, 0.3) is 5.56 Å². The number of fused-ring (bicyclic) bond motifs is 1. The van der Waals surface area contributed by atoms with Crippen LogP contribution in [0.15, 0.2) is 53.3 Å². The second-order valence-corrected chi connectivity index (χ2v) is 9.01. The van der Waals surface area contributed by atoms with Crippen LogP contribution in [0.25, 0.3) is 21.7 Å². The van der Waals surface area contributed by atoms with Gasteiger partial charge in [-0.3, -0.25) is 9.59 Å². The fourth-order valence-corrected chi connectivity index (χ4v) is 5.09. The zero-order valence-corrected chi connectivity index (χ0v) is 18.8. The summed E-state index contributed by atoms with van der Waals surface area (Å²) >= 11 is 1.24. The molecular weight excluding hydrogens is 441 g/mol. The van der Waals surface area contributed by atoms with Crippen molar-refractivity contribution in [3.05, 3.63) is 75.8 Å². The molecule has 2 aromatic carbocycles. The molecule has 3 heterocycles. The number of aryl methyl sites for hydroxylation is 1. The molecule has 2 aromatic heterocycles. The summed E-state index contributed by atoms with van der Waals surface area (Å²) in [7, 11) is 0. The Kier molecular flexibility index (Phi) is 5.63. The van der Waals surface area contributed by atoms with Crippen LogP contribution in [0.2, 0.25) is 0 Å². The minimum Gasteiger partial charge on any atom is -0.350 e. The Bertz CT molecular complexity index is 1380. The highest BCUT2D eigenvalue weighted by Crippen LogP contribution is 2.32. The van der Waals surface area contributed by atoms with E-state index in [1.807, 2.05) is 35.2 Å².